The van der Waals surface area contributed by atoms with E-state index < -0.39 is 17.7 Å². The van der Waals surface area contributed by atoms with Crippen molar-refractivity contribution >= 4 is 22.2 Å². The lowest BCUT2D eigenvalue weighted by molar-refractivity contribution is -0.120. The highest BCUT2D eigenvalue weighted by Gasteiger charge is 2.13. The van der Waals surface area contributed by atoms with Gasteiger partial charge in [0.15, 0.2) is 16.6 Å². The van der Waals surface area contributed by atoms with Crippen molar-refractivity contribution in [2.24, 2.45) is 0 Å². The Hall–Kier alpha value is -2.32. The fraction of sp³-hybridized carbons (Fsp3) is 0.200. The number of carbonyl (C=O) groups is 1. The van der Waals surface area contributed by atoms with Crippen molar-refractivity contribution in [3.05, 3.63) is 58.9 Å². The van der Waals surface area contributed by atoms with Crippen molar-refractivity contribution < 1.29 is 18.7 Å². The minimum Gasteiger partial charge on any atom is -0.387 e. The Morgan fingerprint density at radius 3 is 2.96 bits per heavy atom. The number of hydrogen-bond donors (Lipinski definition) is 2. The van der Waals surface area contributed by atoms with E-state index in [1.54, 1.807) is 6.20 Å². The number of nitrogens with zero attached hydrogens (tertiary/aromatic N) is 2. The maximum atomic E-state index is 13.1. The predicted molar refractivity (Wildman–Crippen MR) is 81.1 cm³/mol. The number of aromatic nitrogens is 2. The van der Waals surface area contributed by atoms with Gasteiger partial charge >= 0.3 is 0 Å². The normalized spacial score (nSPS) is 12.5. The summed E-state index contributed by atoms with van der Waals surface area (Å²) in [7, 11) is 0. The van der Waals surface area contributed by atoms with Crippen LogP contribution in [0.25, 0.3) is 4.96 Å². The van der Waals surface area contributed by atoms with Crippen molar-refractivity contribution in [2.75, 3.05) is 6.54 Å². The average molecular weight is 337 g/mol. The van der Waals surface area contributed by atoms with Gasteiger partial charge in [-0.2, -0.15) is 0 Å². The molecule has 5 nitrogen and oxygen atoms in total. The van der Waals surface area contributed by atoms with Crippen molar-refractivity contribution in [3.8, 4) is 0 Å². The predicted octanol–water partition coefficient (Wildman–Crippen LogP) is 2.07. The van der Waals surface area contributed by atoms with Crippen LogP contribution >= 0.6 is 11.3 Å². The lowest BCUT2D eigenvalue weighted by atomic mass is 10.1. The second-order valence-corrected chi connectivity index (χ2v) is 5.87. The molecule has 2 aromatic heterocycles. The fourth-order valence-corrected chi connectivity index (χ4v) is 2.86. The zero-order chi connectivity index (χ0) is 16.4. The lowest BCUT2D eigenvalue weighted by Crippen LogP contribution is -2.29. The van der Waals surface area contributed by atoms with Crippen LogP contribution < -0.4 is 5.32 Å². The summed E-state index contributed by atoms with van der Waals surface area (Å²) >= 11 is 1.47. The highest BCUT2D eigenvalue weighted by atomic mass is 32.1. The van der Waals surface area contributed by atoms with Gasteiger partial charge in [0, 0.05) is 24.3 Å². The van der Waals surface area contributed by atoms with Gasteiger partial charge in [-0.05, 0) is 17.7 Å². The van der Waals surface area contributed by atoms with E-state index in [4.69, 9.17) is 0 Å². The number of fused-ring (bicyclic) bond motifs is 1. The Labute approximate surface area is 134 Å². The van der Waals surface area contributed by atoms with Gasteiger partial charge < -0.3 is 10.4 Å². The first kappa shape index (κ1) is 15.6. The molecule has 0 aliphatic carbocycles. The molecule has 0 saturated heterocycles. The number of carbonyl (C=O) groups excluding carboxylic acids is 1. The van der Waals surface area contributed by atoms with Crippen LogP contribution in [0.1, 0.15) is 17.4 Å². The van der Waals surface area contributed by atoms with Crippen LogP contribution in [0.4, 0.5) is 8.78 Å². The van der Waals surface area contributed by atoms with Crippen LogP contribution in [0.15, 0.2) is 36.0 Å². The standard InChI is InChI=1S/C15H13F2N3O2S/c16-11-2-1-9(5-12(11)17)13(21)7-18-14(22)6-10-8-20-3-4-23-15(20)19-10/h1-5,8,13,21H,6-7H2,(H,18,22)/t13-/m1/s1. The second-order valence-electron chi connectivity index (χ2n) is 5.00. The number of thiazole rings is 1. The van der Waals surface area contributed by atoms with Gasteiger partial charge in [0.2, 0.25) is 5.91 Å². The molecule has 3 rings (SSSR count). The molecule has 23 heavy (non-hydrogen) atoms. The van der Waals surface area contributed by atoms with E-state index in [1.807, 2.05) is 16.0 Å². The SMILES string of the molecule is O=C(Cc1cn2ccsc2n1)NC[C@@H](O)c1ccc(F)c(F)c1. The molecule has 8 heteroatoms. The summed E-state index contributed by atoms with van der Waals surface area (Å²) in [5, 5.41) is 14.4. The Kier molecular flexibility index (Phi) is 4.35. The molecule has 3 aromatic rings. The van der Waals surface area contributed by atoms with Crippen molar-refractivity contribution in [1.29, 1.82) is 0 Å². The van der Waals surface area contributed by atoms with Crippen LogP contribution in [0.5, 0.6) is 0 Å². The van der Waals surface area contributed by atoms with Crippen LogP contribution in [0.3, 0.4) is 0 Å². The summed E-state index contributed by atoms with van der Waals surface area (Å²) in [6.07, 6.45) is 2.58. The average Bonchev–Trinajstić information content (AvgIpc) is 3.08. The molecule has 0 aliphatic heterocycles. The number of aliphatic hydroxyl groups excluding tert-OH is 1. The first-order valence-electron chi connectivity index (χ1n) is 6.83. The number of rotatable bonds is 5. The molecular formula is C15H13F2N3O2S. The summed E-state index contributed by atoms with van der Waals surface area (Å²) in [6.45, 7) is -0.0911. The van der Waals surface area contributed by atoms with Crippen LogP contribution in [0, 0.1) is 11.6 Å². The second kappa shape index (κ2) is 6.43. The lowest BCUT2D eigenvalue weighted by Gasteiger charge is -2.12. The third-order valence-electron chi connectivity index (χ3n) is 3.31. The summed E-state index contributed by atoms with van der Waals surface area (Å²) in [6, 6.07) is 3.13. The van der Waals surface area contributed by atoms with Gasteiger partial charge in [-0.25, -0.2) is 13.8 Å². The Morgan fingerprint density at radius 2 is 2.22 bits per heavy atom. The van der Waals surface area contributed by atoms with Crippen molar-refractivity contribution in [3.63, 3.8) is 0 Å². The molecule has 0 spiro atoms. The molecule has 0 unspecified atom stereocenters. The molecule has 1 amide bonds. The molecule has 0 saturated carbocycles. The minimum absolute atomic E-state index is 0.0822. The molecule has 2 N–H and O–H groups in total. The van der Waals surface area contributed by atoms with Gasteiger partial charge in [-0.1, -0.05) is 6.07 Å². The zero-order valence-electron chi connectivity index (χ0n) is 11.9. The highest BCUT2D eigenvalue weighted by molar-refractivity contribution is 7.15. The smallest absolute Gasteiger partial charge is 0.226 e. The molecule has 120 valence electrons. The molecule has 0 aliphatic rings. The summed E-state index contributed by atoms with van der Waals surface area (Å²) in [5.41, 5.74) is 0.823. The monoisotopic (exact) mass is 337 g/mol. The number of imidazole rings is 1. The topological polar surface area (TPSA) is 66.6 Å². The van der Waals surface area contributed by atoms with E-state index in [0.717, 1.165) is 17.1 Å². The first-order chi connectivity index (χ1) is 11.0. The van der Waals surface area contributed by atoms with Crippen LogP contribution in [0.2, 0.25) is 0 Å². The van der Waals surface area contributed by atoms with E-state index in [0.29, 0.717) is 5.69 Å². The van der Waals surface area contributed by atoms with Gasteiger partial charge in [0.05, 0.1) is 18.2 Å². The maximum Gasteiger partial charge on any atom is 0.226 e. The Balaban J connectivity index is 1.55. The summed E-state index contributed by atoms with van der Waals surface area (Å²) in [5.74, 6) is -2.33. The quantitative estimate of drug-likeness (QED) is 0.749. The number of nitrogens with one attached hydrogen (secondary N) is 1. The molecule has 0 radical (unpaired) electrons. The van der Waals surface area contributed by atoms with E-state index in [-0.39, 0.29) is 24.4 Å². The van der Waals surface area contributed by atoms with E-state index in [9.17, 15) is 18.7 Å². The minimum atomic E-state index is -1.11. The number of benzene rings is 1. The van der Waals surface area contributed by atoms with E-state index >= 15 is 0 Å². The van der Waals surface area contributed by atoms with Gasteiger partial charge in [-0.3, -0.25) is 9.20 Å². The van der Waals surface area contributed by atoms with E-state index in [2.05, 4.69) is 10.3 Å². The maximum absolute atomic E-state index is 13.1. The van der Waals surface area contributed by atoms with Crippen LogP contribution in [-0.4, -0.2) is 26.9 Å². The van der Waals surface area contributed by atoms with Gasteiger partial charge in [0.1, 0.15) is 0 Å². The van der Waals surface area contributed by atoms with Crippen molar-refractivity contribution in [1.82, 2.24) is 14.7 Å². The van der Waals surface area contributed by atoms with Crippen molar-refractivity contribution in [2.45, 2.75) is 12.5 Å². The molecule has 1 atom stereocenters. The number of amides is 1. The largest absolute Gasteiger partial charge is 0.387 e. The van der Waals surface area contributed by atoms with E-state index in [1.165, 1.54) is 17.4 Å². The molecule has 0 fully saturated rings. The Morgan fingerprint density at radius 1 is 1.39 bits per heavy atom. The van der Waals surface area contributed by atoms with Gasteiger partial charge in [-0.15, -0.1) is 11.3 Å². The molecule has 1 aromatic carbocycles. The zero-order valence-corrected chi connectivity index (χ0v) is 12.7. The third kappa shape index (κ3) is 3.54. The Bertz CT molecular complexity index is 818. The summed E-state index contributed by atoms with van der Waals surface area (Å²) < 4.78 is 27.8. The first-order valence-corrected chi connectivity index (χ1v) is 7.71. The third-order valence-corrected chi connectivity index (χ3v) is 4.08. The highest BCUT2D eigenvalue weighted by Crippen LogP contribution is 2.16. The number of aliphatic hydroxyl groups is 1. The number of halogens is 2. The molecule has 2 heterocycles. The number of hydrogen-bond acceptors (Lipinski definition) is 4. The molecule has 0 bridgehead atoms. The molecular weight excluding hydrogens is 324 g/mol. The van der Waals surface area contributed by atoms with Crippen LogP contribution in [-0.2, 0) is 11.2 Å². The summed E-state index contributed by atoms with van der Waals surface area (Å²) in [4.78, 5) is 17.0. The van der Waals surface area contributed by atoms with Gasteiger partial charge in [0.25, 0.3) is 0 Å². The fourth-order valence-electron chi connectivity index (χ4n) is 2.14.